The molecular weight excluding hydrogens is 157 g/mol. The van der Waals surface area contributed by atoms with Crippen molar-refractivity contribution in [1.82, 2.24) is 0 Å². The topological polar surface area (TPSA) is 3.88 Å². The summed E-state index contributed by atoms with van der Waals surface area (Å²) in [5.74, 6) is 0. The molecule has 0 saturated carbocycles. The van der Waals surface area contributed by atoms with E-state index in [2.05, 4.69) is 0 Å². The lowest BCUT2D eigenvalue weighted by Crippen LogP contribution is -2.25. The van der Waals surface area contributed by atoms with Gasteiger partial charge in [0, 0.05) is 6.07 Å². The van der Waals surface area contributed by atoms with E-state index in [0.29, 0.717) is 0 Å². The van der Waals surface area contributed by atoms with Crippen LogP contribution in [0.25, 0.3) is 0 Å². The maximum Gasteiger partial charge on any atom is 0.187 e. The molecule has 0 fully saturated rings. The maximum absolute atomic E-state index is 5.62. The molecule has 1 aromatic rings. The van der Waals surface area contributed by atoms with Gasteiger partial charge in [0.15, 0.2) is 12.4 Å². The van der Waals surface area contributed by atoms with Crippen LogP contribution in [-0.2, 0) is 7.05 Å². The van der Waals surface area contributed by atoms with Gasteiger partial charge in [-0.15, -0.1) is 12.4 Å². The van der Waals surface area contributed by atoms with Crippen molar-refractivity contribution in [2.75, 3.05) is 0 Å². The predicted molar refractivity (Wildman–Crippen MR) is 39.9 cm³/mol. The van der Waals surface area contributed by atoms with Gasteiger partial charge in [-0.3, -0.25) is 0 Å². The summed E-state index contributed by atoms with van der Waals surface area (Å²) in [5.41, 5.74) is 0. The fourth-order valence-corrected chi connectivity index (χ4v) is 0.778. The number of aromatic nitrogens is 1. The Morgan fingerprint density at radius 3 is 2.56 bits per heavy atom. The summed E-state index contributed by atoms with van der Waals surface area (Å²) < 4.78 is 1.91. The van der Waals surface area contributed by atoms with Crippen molar-refractivity contribution in [3.63, 3.8) is 0 Å². The lowest BCUT2D eigenvalue weighted by Gasteiger charge is -1.83. The molecule has 1 heterocycles. The molecule has 0 N–H and O–H groups in total. The fraction of sp³-hybridized carbons (Fsp3) is 0.167. The van der Waals surface area contributed by atoms with E-state index in [1.807, 2.05) is 36.1 Å². The molecule has 0 spiro atoms. The van der Waals surface area contributed by atoms with E-state index in [1.54, 1.807) is 0 Å². The van der Waals surface area contributed by atoms with Crippen molar-refractivity contribution in [3.05, 3.63) is 29.5 Å². The zero-order valence-electron chi connectivity index (χ0n) is 5.04. The van der Waals surface area contributed by atoms with Crippen molar-refractivity contribution in [2.24, 2.45) is 7.05 Å². The average molecular weight is 165 g/mol. The minimum Gasteiger partial charge on any atom is -0.206 e. The second-order valence-electron chi connectivity index (χ2n) is 1.69. The van der Waals surface area contributed by atoms with Crippen molar-refractivity contribution in [2.45, 2.75) is 0 Å². The molecule has 1 aromatic heterocycles. The van der Waals surface area contributed by atoms with E-state index in [9.17, 15) is 0 Å². The van der Waals surface area contributed by atoms with Gasteiger partial charge in [0.2, 0.25) is 0 Å². The Morgan fingerprint density at radius 1 is 1.56 bits per heavy atom. The van der Waals surface area contributed by atoms with E-state index >= 15 is 0 Å². The van der Waals surface area contributed by atoms with Crippen molar-refractivity contribution in [1.29, 1.82) is 0 Å². The standard InChI is InChI=1S/C6H7ClN.ClH/c1-8-4-2-3-6(7)5-8;/h2-5H,1H3;1H/q+1;. The highest BCUT2D eigenvalue weighted by Crippen LogP contribution is 1.99. The average Bonchev–Trinajstić information content (AvgIpc) is 1.64. The van der Waals surface area contributed by atoms with E-state index in [1.165, 1.54) is 0 Å². The zero-order chi connectivity index (χ0) is 5.98. The summed E-state index contributed by atoms with van der Waals surface area (Å²) in [6.45, 7) is 0. The highest BCUT2D eigenvalue weighted by Gasteiger charge is 1.89. The van der Waals surface area contributed by atoms with Gasteiger partial charge in [-0.25, -0.2) is 4.57 Å². The van der Waals surface area contributed by atoms with Gasteiger partial charge in [0.25, 0.3) is 0 Å². The van der Waals surface area contributed by atoms with Crippen LogP contribution < -0.4 is 4.57 Å². The Bertz CT molecular complexity index is 171. The first kappa shape index (κ1) is 8.73. The quantitative estimate of drug-likeness (QED) is 0.514. The van der Waals surface area contributed by atoms with Crippen LogP contribution in [0.15, 0.2) is 24.5 Å². The lowest BCUT2D eigenvalue weighted by molar-refractivity contribution is -0.671. The molecule has 9 heavy (non-hydrogen) atoms. The number of nitrogens with zero attached hydrogens (tertiary/aromatic N) is 1. The minimum atomic E-state index is 0. The van der Waals surface area contributed by atoms with Crippen molar-refractivity contribution < 1.29 is 4.57 Å². The minimum absolute atomic E-state index is 0. The summed E-state index contributed by atoms with van der Waals surface area (Å²) in [4.78, 5) is 0. The van der Waals surface area contributed by atoms with Crippen LogP contribution in [0.2, 0.25) is 5.02 Å². The van der Waals surface area contributed by atoms with Crippen LogP contribution in [0, 0.1) is 0 Å². The van der Waals surface area contributed by atoms with Crippen LogP contribution in [-0.4, -0.2) is 0 Å². The van der Waals surface area contributed by atoms with Gasteiger partial charge in [0.05, 0.1) is 0 Å². The van der Waals surface area contributed by atoms with Crippen LogP contribution >= 0.6 is 24.0 Å². The van der Waals surface area contributed by atoms with E-state index < -0.39 is 0 Å². The first-order chi connectivity index (χ1) is 3.79. The summed E-state index contributed by atoms with van der Waals surface area (Å²) >= 11 is 5.62. The molecular formula is C6H8Cl2N+. The molecule has 0 radical (unpaired) electrons. The third-order valence-corrected chi connectivity index (χ3v) is 1.13. The Labute approximate surface area is 65.7 Å². The zero-order valence-corrected chi connectivity index (χ0v) is 6.62. The van der Waals surface area contributed by atoms with Crippen molar-refractivity contribution >= 4 is 24.0 Å². The number of halogens is 2. The molecule has 0 aromatic carbocycles. The van der Waals surface area contributed by atoms with Gasteiger partial charge < -0.3 is 0 Å². The van der Waals surface area contributed by atoms with E-state index in [4.69, 9.17) is 11.6 Å². The first-order valence-electron chi connectivity index (χ1n) is 2.40. The molecule has 0 aliphatic rings. The normalized spacial score (nSPS) is 8.22. The molecule has 0 bridgehead atoms. The number of hydrogen-bond donors (Lipinski definition) is 0. The number of aryl methyl sites for hydroxylation is 1. The molecule has 3 heteroatoms. The molecule has 0 unspecified atom stereocenters. The highest BCUT2D eigenvalue weighted by molar-refractivity contribution is 6.30. The summed E-state index contributed by atoms with van der Waals surface area (Å²) in [7, 11) is 1.94. The Morgan fingerprint density at radius 2 is 2.22 bits per heavy atom. The molecule has 0 aliphatic heterocycles. The fourth-order valence-electron chi connectivity index (χ4n) is 0.551. The number of rotatable bonds is 0. The molecule has 1 nitrogen and oxygen atoms in total. The third kappa shape index (κ3) is 2.68. The molecule has 0 atom stereocenters. The molecule has 0 amide bonds. The predicted octanol–water partition coefficient (Wildman–Crippen LogP) is 1.59. The van der Waals surface area contributed by atoms with Crippen LogP contribution in [0.3, 0.4) is 0 Å². The van der Waals surface area contributed by atoms with Crippen LogP contribution in [0.1, 0.15) is 0 Å². The first-order valence-corrected chi connectivity index (χ1v) is 2.77. The molecule has 1 rings (SSSR count). The smallest absolute Gasteiger partial charge is 0.187 e. The van der Waals surface area contributed by atoms with E-state index in [0.717, 1.165) is 5.02 Å². The Balaban J connectivity index is 0.000000640. The SMILES string of the molecule is C[n+]1cccc(Cl)c1.Cl. The maximum atomic E-state index is 5.62. The van der Waals surface area contributed by atoms with Crippen LogP contribution in [0.5, 0.6) is 0 Å². The van der Waals surface area contributed by atoms with Gasteiger partial charge in [-0.05, 0) is 6.07 Å². The second-order valence-corrected chi connectivity index (χ2v) is 2.12. The summed E-state index contributed by atoms with van der Waals surface area (Å²) in [6, 6.07) is 3.75. The monoisotopic (exact) mass is 164 g/mol. The third-order valence-electron chi connectivity index (χ3n) is 0.904. The Kier molecular flexibility index (Phi) is 3.59. The molecule has 50 valence electrons. The second kappa shape index (κ2) is 3.70. The Hall–Kier alpha value is -0.270. The number of pyridine rings is 1. The van der Waals surface area contributed by atoms with Crippen LogP contribution in [0.4, 0.5) is 0 Å². The van der Waals surface area contributed by atoms with E-state index in [-0.39, 0.29) is 12.4 Å². The molecule has 0 saturated heterocycles. The van der Waals surface area contributed by atoms with Gasteiger partial charge >= 0.3 is 0 Å². The van der Waals surface area contributed by atoms with Gasteiger partial charge in [0.1, 0.15) is 12.1 Å². The summed E-state index contributed by atoms with van der Waals surface area (Å²) in [5, 5.41) is 0.773. The van der Waals surface area contributed by atoms with Crippen molar-refractivity contribution in [3.8, 4) is 0 Å². The molecule has 0 aliphatic carbocycles. The van der Waals surface area contributed by atoms with Gasteiger partial charge in [-0.2, -0.15) is 0 Å². The largest absolute Gasteiger partial charge is 0.206 e. The summed E-state index contributed by atoms with van der Waals surface area (Å²) in [6.07, 6.45) is 3.79. The lowest BCUT2D eigenvalue weighted by atomic mass is 10.5. The van der Waals surface area contributed by atoms with Gasteiger partial charge in [-0.1, -0.05) is 11.6 Å². The highest BCUT2D eigenvalue weighted by atomic mass is 35.5. The number of hydrogen-bond acceptors (Lipinski definition) is 0.